The molecule has 1 aromatic heterocycles. The first-order valence-corrected chi connectivity index (χ1v) is 12.0. The third-order valence-electron chi connectivity index (χ3n) is 5.83. The summed E-state index contributed by atoms with van der Waals surface area (Å²) in [6, 6.07) is 10.9. The Hall–Kier alpha value is -2.08. The Morgan fingerprint density at radius 2 is 2.03 bits per heavy atom. The lowest BCUT2D eigenvalue weighted by Gasteiger charge is -2.21. The van der Waals surface area contributed by atoms with Gasteiger partial charge in [-0.25, -0.2) is 4.98 Å². The molecule has 3 heterocycles. The van der Waals surface area contributed by atoms with Gasteiger partial charge in [0.05, 0.1) is 5.69 Å². The second-order valence-electron chi connectivity index (χ2n) is 8.09. The molecule has 0 radical (unpaired) electrons. The minimum atomic E-state index is 0.711. The van der Waals surface area contributed by atoms with Crippen LogP contribution in [0.15, 0.2) is 40.7 Å². The van der Waals surface area contributed by atoms with Crippen LogP contribution in [0.3, 0.4) is 0 Å². The third kappa shape index (κ3) is 5.50. The SMILES string of the molecule is CCNC(=NCCc1csc(N2CCCC2)n1)N1CCC(Cc2ccccc2)C1. The molecule has 156 valence electrons. The van der Waals surface area contributed by atoms with E-state index in [1.807, 2.05) is 0 Å². The normalized spacial score (nSPS) is 19.9. The molecule has 6 heteroatoms. The molecule has 2 fully saturated rings. The van der Waals surface area contributed by atoms with Gasteiger partial charge in [-0.3, -0.25) is 4.99 Å². The second kappa shape index (κ2) is 10.1. The summed E-state index contributed by atoms with van der Waals surface area (Å²) in [6.07, 6.45) is 5.92. The van der Waals surface area contributed by atoms with Crippen molar-refractivity contribution in [2.24, 2.45) is 10.9 Å². The molecule has 2 aliphatic rings. The second-order valence-corrected chi connectivity index (χ2v) is 8.93. The Kier molecular flexibility index (Phi) is 7.04. The Labute approximate surface area is 178 Å². The van der Waals surface area contributed by atoms with Crippen molar-refractivity contribution < 1.29 is 0 Å². The molecule has 0 saturated carbocycles. The fourth-order valence-corrected chi connectivity index (χ4v) is 5.22. The minimum Gasteiger partial charge on any atom is -0.357 e. The van der Waals surface area contributed by atoms with E-state index in [-0.39, 0.29) is 0 Å². The van der Waals surface area contributed by atoms with Crippen LogP contribution >= 0.6 is 11.3 Å². The van der Waals surface area contributed by atoms with Crippen LogP contribution in [0, 0.1) is 5.92 Å². The molecule has 1 N–H and O–H groups in total. The van der Waals surface area contributed by atoms with Gasteiger partial charge in [0.2, 0.25) is 0 Å². The molecule has 0 bridgehead atoms. The summed E-state index contributed by atoms with van der Waals surface area (Å²) in [5.41, 5.74) is 2.62. The Morgan fingerprint density at radius 1 is 1.21 bits per heavy atom. The predicted octanol–water partition coefficient (Wildman–Crippen LogP) is 3.82. The van der Waals surface area contributed by atoms with E-state index in [0.29, 0.717) is 5.92 Å². The van der Waals surface area contributed by atoms with Crippen molar-refractivity contribution in [3.8, 4) is 0 Å². The monoisotopic (exact) mass is 411 g/mol. The number of hydrogen-bond acceptors (Lipinski definition) is 4. The summed E-state index contributed by atoms with van der Waals surface area (Å²) in [6.45, 7) is 8.37. The van der Waals surface area contributed by atoms with E-state index in [0.717, 1.165) is 58.1 Å². The summed E-state index contributed by atoms with van der Waals surface area (Å²) < 4.78 is 0. The zero-order chi connectivity index (χ0) is 19.9. The molecular weight excluding hydrogens is 378 g/mol. The van der Waals surface area contributed by atoms with Crippen LogP contribution in [-0.4, -0.2) is 55.1 Å². The number of anilines is 1. The maximum atomic E-state index is 4.92. The summed E-state index contributed by atoms with van der Waals surface area (Å²) >= 11 is 1.78. The van der Waals surface area contributed by atoms with E-state index >= 15 is 0 Å². The quantitative estimate of drug-likeness (QED) is 0.556. The number of thiazole rings is 1. The zero-order valence-corrected chi connectivity index (χ0v) is 18.3. The highest BCUT2D eigenvalue weighted by Crippen LogP contribution is 2.24. The summed E-state index contributed by atoms with van der Waals surface area (Å²) in [5.74, 6) is 1.78. The van der Waals surface area contributed by atoms with E-state index in [2.05, 4.69) is 57.8 Å². The van der Waals surface area contributed by atoms with Crippen LogP contribution in [0.1, 0.15) is 37.4 Å². The van der Waals surface area contributed by atoms with Gasteiger partial charge in [0, 0.05) is 51.1 Å². The van der Waals surface area contributed by atoms with Crippen LogP contribution in [0.25, 0.3) is 0 Å². The van der Waals surface area contributed by atoms with Crippen LogP contribution < -0.4 is 10.2 Å². The van der Waals surface area contributed by atoms with Gasteiger partial charge in [-0.15, -0.1) is 11.3 Å². The summed E-state index contributed by atoms with van der Waals surface area (Å²) in [5, 5.41) is 6.90. The zero-order valence-electron chi connectivity index (χ0n) is 17.5. The van der Waals surface area contributed by atoms with Gasteiger partial charge in [0.1, 0.15) is 0 Å². The number of benzene rings is 1. The van der Waals surface area contributed by atoms with Crippen molar-refractivity contribution in [3.05, 3.63) is 47.0 Å². The molecule has 0 spiro atoms. The first-order valence-electron chi connectivity index (χ1n) is 11.1. The molecule has 1 aromatic carbocycles. The number of likely N-dealkylation sites (tertiary alicyclic amines) is 1. The Balaban J connectivity index is 1.29. The van der Waals surface area contributed by atoms with Crippen molar-refractivity contribution >= 4 is 22.4 Å². The Morgan fingerprint density at radius 3 is 2.83 bits per heavy atom. The van der Waals surface area contributed by atoms with E-state index in [1.54, 1.807) is 11.3 Å². The molecule has 2 aromatic rings. The van der Waals surface area contributed by atoms with Crippen molar-refractivity contribution in [3.63, 3.8) is 0 Å². The van der Waals surface area contributed by atoms with E-state index in [9.17, 15) is 0 Å². The molecule has 5 nitrogen and oxygen atoms in total. The van der Waals surface area contributed by atoms with Gasteiger partial charge in [0.25, 0.3) is 0 Å². The standard InChI is InChI=1S/C23H33N5S/c1-2-24-22(28-15-11-20(17-28)16-19-8-4-3-5-9-19)25-12-10-21-18-29-23(26-21)27-13-6-7-14-27/h3-5,8-9,18,20H,2,6-7,10-17H2,1H3,(H,24,25). The van der Waals surface area contributed by atoms with Crippen molar-refractivity contribution in [2.75, 3.05) is 44.2 Å². The predicted molar refractivity (Wildman–Crippen MR) is 123 cm³/mol. The highest BCUT2D eigenvalue weighted by atomic mass is 32.1. The van der Waals surface area contributed by atoms with Crippen LogP contribution in [0.4, 0.5) is 5.13 Å². The van der Waals surface area contributed by atoms with Gasteiger partial charge in [-0.1, -0.05) is 30.3 Å². The van der Waals surface area contributed by atoms with Crippen LogP contribution in [0.2, 0.25) is 0 Å². The van der Waals surface area contributed by atoms with Crippen molar-refractivity contribution in [1.29, 1.82) is 0 Å². The Bertz CT molecular complexity index is 782. The maximum absolute atomic E-state index is 4.92. The molecule has 1 atom stereocenters. The average molecular weight is 412 g/mol. The van der Waals surface area contributed by atoms with E-state index in [1.165, 1.54) is 35.7 Å². The highest BCUT2D eigenvalue weighted by molar-refractivity contribution is 7.13. The fraction of sp³-hybridized carbons (Fsp3) is 0.565. The molecule has 2 aliphatic heterocycles. The number of nitrogens with one attached hydrogen (secondary N) is 1. The first kappa shape index (κ1) is 20.2. The summed E-state index contributed by atoms with van der Waals surface area (Å²) in [4.78, 5) is 14.6. The average Bonchev–Trinajstić information content (AvgIpc) is 3.50. The number of guanidine groups is 1. The number of hydrogen-bond donors (Lipinski definition) is 1. The molecular formula is C23H33N5S. The lowest BCUT2D eigenvalue weighted by molar-refractivity contribution is 0.460. The number of rotatable bonds is 7. The number of aromatic nitrogens is 1. The number of aliphatic imine (C=N–C) groups is 1. The van der Waals surface area contributed by atoms with Gasteiger partial charge in [-0.2, -0.15) is 0 Å². The molecule has 4 rings (SSSR count). The lowest BCUT2D eigenvalue weighted by Crippen LogP contribution is -2.40. The van der Waals surface area contributed by atoms with Gasteiger partial charge < -0.3 is 15.1 Å². The fourth-order valence-electron chi connectivity index (χ4n) is 4.31. The molecule has 0 aliphatic carbocycles. The molecule has 29 heavy (non-hydrogen) atoms. The van der Waals surface area contributed by atoms with Crippen molar-refractivity contribution in [1.82, 2.24) is 15.2 Å². The van der Waals surface area contributed by atoms with E-state index < -0.39 is 0 Å². The van der Waals surface area contributed by atoms with E-state index in [4.69, 9.17) is 9.98 Å². The van der Waals surface area contributed by atoms with Crippen molar-refractivity contribution in [2.45, 2.75) is 39.0 Å². The van der Waals surface area contributed by atoms with Gasteiger partial charge in [-0.05, 0) is 44.1 Å². The number of nitrogens with zero attached hydrogens (tertiary/aromatic N) is 4. The smallest absolute Gasteiger partial charge is 0.193 e. The van der Waals surface area contributed by atoms with Crippen LogP contribution in [0.5, 0.6) is 0 Å². The van der Waals surface area contributed by atoms with Gasteiger partial charge in [0.15, 0.2) is 11.1 Å². The van der Waals surface area contributed by atoms with Crippen LogP contribution in [-0.2, 0) is 12.8 Å². The lowest BCUT2D eigenvalue weighted by atomic mass is 9.99. The third-order valence-corrected chi connectivity index (χ3v) is 6.78. The molecule has 0 amide bonds. The van der Waals surface area contributed by atoms with Gasteiger partial charge >= 0.3 is 0 Å². The highest BCUT2D eigenvalue weighted by Gasteiger charge is 2.25. The topological polar surface area (TPSA) is 43.8 Å². The molecule has 2 saturated heterocycles. The largest absolute Gasteiger partial charge is 0.357 e. The minimum absolute atomic E-state index is 0.711. The summed E-state index contributed by atoms with van der Waals surface area (Å²) in [7, 11) is 0. The maximum Gasteiger partial charge on any atom is 0.193 e. The molecule has 1 unspecified atom stereocenters. The first-order chi connectivity index (χ1) is 14.3.